The molecule has 72 valence electrons. The molecule has 1 aliphatic carbocycles. The first-order chi connectivity index (χ1) is 4.63. The minimum absolute atomic E-state index is 0. The van der Waals surface area contributed by atoms with E-state index in [-0.39, 0.29) is 24.8 Å². The summed E-state index contributed by atoms with van der Waals surface area (Å²) in [5.74, 6) is -3.26. The number of carbonyl (C=O) groups is 2. The number of aliphatic carboxylic acids is 2. The maximum absolute atomic E-state index is 10.2. The summed E-state index contributed by atoms with van der Waals surface area (Å²) in [6.07, 6.45) is 1.01. The molecule has 1 aliphatic rings. The van der Waals surface area contributed by atoms with Gasteiger partial charge in [0.05, 0.1) is 11.8 Å². The molecule has 0 aromatic carbocycles. The van der Waals surface area contributed by atoms with Crippen LogP contribution in [0.4, 0.5) is 0 Å². The normalized spacial score (nSPS) is 25.7. The fourth-order valence-corrected chi connectivity index (χ4v) is 1.09. The fraction of sp³-hybridized carbons (Fsp3) is 0.667. The summed E-state index contributed by atoms with van der Waals surface area (Å²) in [5.41, 5.74) is 0. The van der Waals surface area contributed by atoms with Crippen LogP contribution < -0.4 is 0 Å². The van der Waals surface area contributed by atoms with Gasteiger partial charge in [-0.3, -0.25) is 9.59 Å². The second kappa shape index (κ2) is 5.22. The van der Waals surface area contributed by atoms with Crippen molar-refractivity contribution in [2.75, 3.05) is 0 Å². The molecular weight excluding hydrogens is 207 g/mol. The fourth-order valence-electron chi connectivity index (χ4n) is 1.09. The Morgan fingerprint density at radius 3 is 1.25 bits per heavy atom. The van der Waals surface area contributed by atoms with Gasteiger partial charge in [-0.25, -0.2) is 0 Å². The van der Waals surface area contributed by atoms with Crippen LogP contribution in [-0.4, -0.2) is 22.2 Å². The maximum Gasteiger partial charge on any atom is 0.307 e. The second-order valence-corrected chi connectivity index (χ2v) is 2.47. The summed E-state index contributed by atoms with van der Waals surface area (Å²) in [5, 5.41) is 16.8. The van der Waals surface area contributed by atoms with Crippen LogP contribution >= 0.6 is 24.8 Å². The highest BCUT2D eigenvalue weighted by molar-refractivity contribution is 5.85. The van der Waals surface area contributed by atoms with E-state index in [4.69, 9.17) is 10.2 Å². The zero-order valence-electron chi connectivity index (χ0n) is 6.10. The molecule has 4 nitrogen and oxygen atoms in total. The molecule has 1 saturated carbocycles. The monoisotopic (exact) mass is 216 g/mol. The Morgan fingerprint density at radius 1 is 0.917 bits per heavy atom. The summed E-state index contributed by atoms with van der Waals surface area (Å²) < 4.78 is 0. The Labute approximate surface area is 81.8 Å². The second-order valence-electron chi connectivity index (χ2n) is 2.47. The van der Waals surface area contributed by atoms with Crippen molar-refractivity contribution >= 4 is 36.8 Å². The largest absolute Gasteiger partial charge is 0.481 e. The predicted octanol–water partition coefficient (Wildman–Crippen LogP) is 1.03. The van der Waals surface area contributed by atoms with Crippen LogP contribution in [0.1, 0.15) is 12.8 Å². The molecule has 0 aromatic rings. The lowest BCUT2D eigenvalue weighted by Gasteiger charge is -2.29. The van der Waals surface area contributed by atoms with Gasteiger partial charge in [0.25, 0.3) is 0 Å². The Balaban J connectivity index is 0. The first-order valence-corrected chi connectivity index (χ1v) is 3.08. The first kappa shape index (κ1) is 14.1. The third-order valence-electron chi connectivity index (χ3n) is 1.91. The lowest BCUT2D eigenvalue weighted by atomic mass is 9.74. The van der Waals surface area contributed by atoms with E-state index < -0.39 is 23.8 Å². The number of hydrogen-bond donors (Lipinski definition) is 2. The van der Waals surface area contributed by atoms with Crippen molar-refractivity contribution in [2.45, 2.75) is 12.8 Å². The minimum atomic E-state index is -0.987. The van der Waals surface area contributed by atoms with E-state index >= 15 is 0 Å². The van der Waals surface area contributed by atoms with Crippen LogP contribution in [0.25, 0.3) is 0 Å². The zero-order valence-corrected chi connectivity index (χ0v) is 7.73. The van der Waals surface area contributed by atoms with Crippen LogP contribution in [0.3, 0.4) is 0 Å². The Morgan fingerprint density at radius 2 is 1.17 bits per heavy atom. The summed E-state index contributed by atoms with van der Waals surface area (Å²) in [6, 6.07) is 0. The van der Waals surface area contributed by atoms with E-state index in [1.807, 2.05) is 0 Å². The van der Waals surface area contributed by atoms with Crippen LogP contribution in [0.5, 0.6) is 0 Å². The Hall–Kier alpha value is -0.480. The first-order valence-electron chi connectivity index (χ1n) is 3.08. The summed E-state index contributed by atoms with van der Waals surface area (Å²) in [6.45, 7) is 0. The molecule has 0 spiro atoms. The van der Waals surface area contributed by atoms with E-state index in [9.17, 15) is 9.59 Å². The van der Waals surface area contributed by atoms with Gasteiger partial charge in [0.2, 0.25) is 0 Å². The third kappa shape index (κ3) is 2.53. The number of hydrogen-bond acceptors (Lipinski definition) is 2. The molecule has 2 N–H and O–H groups in total. The van der Waals surface area contributed by atoms with Crippen molar-refractivity contribution in [1.82, 2.24) is 0 Å². The summed E-state index contributed by atoms with van der Waals surface area (Å²) in [7, 11) is 0. The van der Waals surface area contributed by atoms with Crippen molar-refractivity contribution in [2.24, 2.45) is 11.8 Å². The molecule has 0 heterocycles. The van der Waals surface area contributed by atoms with Gasteiger partial charge in [0.1, 0.15) is 0 Å². The summed E-state index contributed by atoms with van der Waals surface area (Å²) in [4.78, 5) is 20.5. The van der Waals surface area contributed by atoms with Crippen molar-refractivity contribution in [1.29, 1.82) is 0 Å². The SMILES string of the molecule is Cl.Cl.O=C(O)[C@@H]1CC[C@H]1C(=O)O. The lowest BCUT2D eigenvalue weighted by molar-refractivity contribution is -0.160. The molecule has 0 aliphatic heterocycles. The Bertz CT molecular complexity index is 162. The van der Waals surface area contributed by atoms with Crippen molar-refractivity contribution < 1.29 is 19.8 Å². The van der Waals surface area contributed by atoms with Crippen LogP contribution in [-0.2, 0) is 9.59 Å². The maximum atomic E-state index is 10.2. The van der Waals surface area contributed by atoms with Gasteiger partial charge in [-0.1, -0.05) is 0 Å². The molecule has 1 fully saturated rings. The molecule has 0 radical (unpaired) electrons. The van der Waals surface area contributed by atoms with E-state index in [0.29, 0.717) is 12.8 Å². The van der Waals surface area contributed by atoms with Gasteiger partial charge in [0.15, 0.2) is 0 Å². The van der Waals surface area contributed by atoms with Crippen molar-refractivity contribution in [3.05, 3.63) is 0 Å². The standard InChI is InChI=1S/C6H8O4.2ClH/c7-5(8)3-1-2-4(3)6(9)10;;/h3-4H,1-2H2,(H,7,8)(H,9,10);2*1H/t3-,4-;;/m1../s1. The number of carboxylic acids is 2. The summed E-state index contributed by atoms with van der Waals surface area (Å²) >= 11 is 0. The van der Waals surface area contributed by atoms with E-state index in [1.165, 1.54) is 0 Å². The van der Waals surface area contributed by atoms with Gasteiger partial charge in [-0.2, -0.15) is 0 Å². The smallest absolute Gasteiger partial charge is 0.307 e. The molecule has 12 heavy (non-hydrogen) atoms. The molecule has 0 bridgehead atoms. The topological polar surface area (TPSA) is 74.6 Å². The highest BCUT2D eigenvalue weighted by Crippen LogP contribution is 2.34. The van der Waals surface area contributed by atoms with Crippen molar-refractivity contribution in [3.63, 3.8) is 0 Å². The van der Waals surface area contributed by atoms with E-state index in [0.717, 1.165) is 0 Å². The molecular formula is C6H10Cl2O4. The van der Waals surface area contributed by atoms with Gasteiger partial charge in [-0.15, -0.1) is 24.8 Å². The average molecular weight is 217 g/mol. The quantitative estimate of drug-likeness (QED) is 0.724. The third-order valence-corrected chi connectivity index (χ3v) is 1.91. The molecule has 6 heteroatoms. The lowest BCUT2D eigenvalue weighted by Crippen LogP contribution is -2.37. The highest BCUT2D eigenvalue weighted by atomic mass is 35.5. The average Bonchev–Trinajstić information content (AvgIpc) is 1.56. The zero-order chi connectivity index (χ0) is 7.72. The molecule has 0 aromatic heterocycles. The molecule has 2 atom stereocenters. The number of halogens is 2. The van der Waals surface area contributed by atoms with Gasteiger partial charge >= 0.3 is 11.9 Å². The van der Waals surface area contributed by atoms with Gasteiger partial charge in [0, 0.05) is 0 Å². The minimum Gasteiger partial charge on any atom is -0.481 e. The van der Waals surface area contributed by atoms with Crippen LogP contribution in [0.15, 0.2) is 0 Å². The number of rotatable bonds is 2. The van der Waals surface area contributed by atoms with Gasteiger partial charge < -0.3 is 10.2 Å². The molecule has 1 rings (SSSR count). The van der Waals surface area contributed by atoms with Crippen LogP contribution in [0, 0.1) is 11.8 Å². The predicted molar refractivity (Wildman–Crippen MR) is 46.0 cm³/mol. The van der Waals surface area contributed by atoms with Gasteiger partial charge in [-0.05, 0) is 12.8 Å². The number of carboxylic acid groups (broad SMARTS) is 2. The van der Waals surface area contributed by atoms with E-state index in [1.54, 1.807) is 0 Å². The van der Waals surface area contributed by atoms with Crippen LogP contribution in [0.2, 0.25) is 0 Å². The molecule has 0 amide bonds. The molecule has 0 saturated heterocycles. The van der Waals surface area contributed by atoms with E-state index in [2.05, 4.69) is 0 Å². The Kier molecular flexibility index (Phi) is 6.11. The van der Waals surface area contributed by atoms with Crippen molar-refractivity contribution in [3.8, 4) is 0 Å². The highest BCUT2D eigenvalue weighted by Gasteiger charge is 2.41. The molecule has 0 unspecified atom stereocenters.